The van der Waals surface area contributed by atoms with Crippen LogP contribution in [0.4, 0.5) is 8.78 Å². The number of rotatable bonds is 6. The third-order valence-corrected chi connectivity index (χ3v) is 9.88. The predicted octanol–water partition coefficient (Wildman–Crippen LogP) is 7.06. The van der Waals surface area contributed by atoms with Gasteiger partial charge in [-0.15, -0.1) is 0 Å². The molecule has 224 valence electrons. The summed E-state index contributed by atoms with van der Waals surface area (Å²) >= 11 is 12.0. The highest BCUT2D eigenvalue weighted by Gasteiger charge is 2.43. The van der Waals surface area contributed by atoms with Crippen LogP contribution in [-0.2, 0) is 11.0 Å². The molecule has 0 heterocycles. The number of aliphatic hydroxyl groups is 2. The summed E-state index contributed by atoms with van der Waals surface area (Å²) in [5.74, 6) is 0. The molecule has 2 aliphatic rings. The minimum absolute atomic E-state index is 0.317. The van der Waals surface area contributed by atoms with Crippen LogP contribution in [0.15, 0.2) is 48.5 Å². The fourth-order valence-electron chi connectivity index (χ4n) is 5.23. The molecule has 2 saturated carbocycles. The average molecular weight is 620 g/mol. The zero-order chi connectivity index (χ0) is 29.7. The van der Waals surface area contributed by atoms with E-state index in [1.807, 2.05) is 39.0 Å². The van der Waals surface area contributed by atoms with E-state index >= 15 is 0 Å². The largest absolute Gasteiger partial charge is 0.388 e. The van der Waals surface area contributed by atoms with E-state index in [1.165, 1.54) is 0 Å². The van der Waals surface area contributed by atoms with Gasteiger partial charge in [-0.3, -0.25) is 0 Å². The highest BCUT2D eigenvalue weighted by Crippen LogP contribution is 2.41. The molecule has 0 amide bonds. The molecule has 0 saturated heterocycles. The van der Waals surface area contributed by atoms with E-state index in [2.05, 4.69) is 4.72 Å². The van der Waals surface area contributed by atoms with E-state index in [-0.39, 0.29) is 0 Å². The SMILES string of the molecule is CC(C)(C)[S@](=O)N[C@@H](c1cccc(Cl)c1)C1(O)CCC(F)CC1.N[C@@H](c1cccc(Cl)c1)C1(O)CCC(F)CC1. The molecular formula is C30H42Cl2F2N2O3S. The number of hydrogen-bond acceptors (Lipinski definition) is 4. The number of nitrogens with one attached hydrogen (secondary N) is 1. The third kappa shape index (κ3) is 8.93. The fraction of sp³-hybridized carbons (Fsp3) is 0.600. The molecule has 2 aliphatic carbocycles. The van der Waals surface area contributed by atoms with Crippen molar-refractivity contribution in [2.24, 2.45) is 5.73 Å². The predicted molar refractivity (Wildman–Crippen MR) is 160 cm³/mol. The van der Waals surface area contributed by atoms with Crippen LogP contribution in [0, 0.1) is 0 Å². The second-order valence-electron chi connectivity index (χ2n) is 12.1. The van der Waals surface area contributed by atoms with Gasteiger partial charge in [0.05, 0.1) is 39.0 Å². The van der Waals surface area contributed by atoms with Crippen molar-refractivity contribution in [3.63, 3.8) is 0 Å². The van der Waals surface area contributed by atoms with Crippen molar-refractivity contribution < 1.29 is 23.2 Å². The molecule has 2 aromatic carbocycles. The maximum absolute atomic E-state index is 13.5. The standard InChI is InChI=1S/C17H25ClFNO2S.C13H17ClFNO/c1-16(2,3)23(22)20-15(12-5-4-6-13(18)11-12)17(21)9-7-14(19)8-10-17;14-10-3-1-2-9(8-10)12(16)13(17)6-4-11(15)5-7-13/h4-6,11,14-15,20-21H,7-10H2,1-3H3;1-3,8,11-12,17H,4-7,16H2/t14?,15-,17?,23-;11?,12-,13?/m00/s1. The molecule has 2 fully saturated rings. The third-order valence-electron chi connectivity index (χ3n) is 7.85. The van der Waals surface area contributed by atoms with Gasteiger partial charge in [0.1, 0.15) is 12.3 Å². The Kier molecular flexibility index (Phi) is 11.6. The van der Waals surface area contributed by atoms with E-state index in [0.29, 0.717) is 61.4 Å². The van der Waals surface area contributed by atoms with Crippen molar-refractivity contribution in [2.75, 3.05) is 0 Å². The highest BCUT2D eigenvalue weighted by molar-refractivity contribution is 7.84. The number of hydrogen-bond donors (Lipinski definition) is 4. The molecule has 0 unspecified atom stereocenters. The lowest BCUT2D eigenvalue weighted by Gasteiger charge is -2.41. The van der Waals surface area contributed by atoms with Gasteiger partial charge in [0.25, 0.3) is 0 Å². The second kappa shape index (κ2) is 13.9. The van der Waals surface area contributed by atoms with Crippen molar-refractivity contribution >= 4 is 34.2 Å². The van der Waals surface area contributed by atoms with Crippen LogP contribution in [0.5, 0.6) is 0 Å². The molecule has 40 heavy (non-hydrogen) atoms. The Labute approximate surface area is 249 Å². The van der Waals surface area contributed by atoms with Gasteiger partial charge in [-0.25, -0.2) is 17.7 Å². The van der Waals surface area contributed by atoms with Gasteiger partial charge < -0.3 is 15.9 Å². The average Bonchev–Trinajstić information content (AvgIpc) is 2.90. The van der Waals surface area contributed by atoms with Crippen molar-refractivity contribution in [1.29, 1.82) is 0 Å². The van der Waals surface area contributed by atoms with Gasteiger partial charge in [0.2, 0.25) is 0 Å². The van der Waals surface area contributed by atoms with Crippen LogP contribution in [0.2, 0.25) is 10.0 Å². The number of alkyl halides is 2. The van der Waals surface area contributed by atoms with Crippen molar-refractivity contribution in [1.82, 2.24) is 4.72 Å². The summed E-state index contributed by atoms with van der Waals surface area (Å²) < 4.78 is 41.7. The summed E-state index contributed by atoms with van der Waals surface area (Å²) in [6, 6.07) is 13.3. The molecule has 0 aliphatic heterocycles. The molecule has 0 radical (unpaired) electrons. The van der Waals surface area contributed by atoms with Gasteiger partial charge in [-0.2, -0.15) is 0 Å². The molecule has 5 N–H and O–H groups in total. The first-order valence-corrected chi connectivity index (χ1v) is 15.7. The van der Waals surface area contributed by atoms with Crippen molar-refractivity contribution in [3.8, 4) is 0 Å². The Morgan fingerprint density at radius 3 is 1.75 bits per heavy atom. The van der Waals surface area contributed by atoms with Gasteiger partial charge in [-0.1, -0.05) is 47.5 Å². The zero-order valence-corrected chi connectivity index (χ0v) is 25.7. The van der Waals surface area contributed by atoms with Gasteiger partial charge in [0.15, 0.2) is 0 Å². The van der Waals surface area contributed by atoms with Gasteiger partial charge >= 0.3 is 0 Å². The van der Waals surface area contributed by atoms with Gasteiger partial charge in [0, 0.05) is 10.0 Å². The maximum Gasteiger partial charge on any atom is 0.100 e. The first-order valence-electron chi connectivity index (χ1n) is 13.8. The lowest BCUT2D eigenvalue weighted by molar-refractivity contribution is -0.0405. The second-order valence-corrected chi connectivity index (χ2v) is 14.9. The zero-order valence-electron chi connectivity index (χ0n) is 23.4. The summed E-state index contributed by atoms with van der Waals surface area (Å²) in [6.45, 7) is 5.61. The Bertz CT molecular complexity index is 1130. The fourth-order valence-corrected chi connectivity index (χ4v) is 6.55. The summed E-state index contributed by atoms with van der Waals surface area (Å²) in [5, 5.41) is 22.7. The van der Waals surface area contributed by atoms with Crippen LogP contribution in [0.3, 0.4) is 0 Å². The minimum Gasteiger partial charge on any atom is -0.388 e. The molecule has 0 aromatic heterocycles. The molecule has 0 bridgehead atoms. The van der Waals surface area contributed by atoms with Crippen LogP contribution in [0.1, 0.15) is 95.3 Å². The minimum atomic E-state index is -1.36. The summed E-state index contributed by atoms with van der Waals surface area (Å²) in [4.78, 5) is 0. The van der Waals surface area contributed by atoms with Crippen LogP contribution < -0.4 is 10.5 Å². The Morgan fingerprint density at radius 2 is 1.30 bits per heavy atom. The quantitative estimate of drug-likeness (QED) is 0.279. The normalized spacial score (nSPS) is 29.6. The lowest BCUT2D eigenvalue weighted by atomic mass is 9.77. The van der Waals surface area contributed by atoms with E-state index in [9.17, 15) is 23.2 Å². The van der Waals surface area contributed by atoms with Crippen LogP contribution >= 0.6 is 23.2 Å². The molecule has 5 nitrogen and oxygen atoms in total. The van der Waals surface area contributed by atoms with E-state index in [1.54, 1.807) is 30.3 Å². The number of benzene rings is 2. The van der Waals surface area contributed by atoms with E-state index in [4.69, 9.17) is 28.9 Å². The van der Waals surface area contributed by atoms with E-state index in [0.717, 1.165) is 11.1 Å². The Hall–Kier alpha value is -1.13. The first kappa shape index (κ1) is 33.4. The Balaban J connectivity index is 0.000000230. The van der Waals surface area contributed by atoms with Crippen LogP contribution in [0.25, 0.3) is 0 Å². The Morgan fingerprint density at radius 1 is 0.875 bits per heavy atom. The highest BCUT2D eigenvalue weighted by atomic mass is 35.5. The molecule has 0 spiro atoms. The van der Waals surface area contributed by atoms with E-state index < -0.39 is 51.4 Å². The summed E-state index contributed by atoms with van der Waals surface area (Å²) in [7, 11) is -1.36. The smallest absolute Gasteiger partial charge is 0.100 e. The monoisotopic (exact) mass is 618 g/mol. The number of nitrogens with two attached hydrogens (primary N) is 1. The number of halogens is 4. The molecule has 10 heteroatoms. The molecule has 3 atom stereocenters. The molecular weight excluding hydrogens is 577 g/mol. The topological polar surface area (TPSA) is 95.6 Å². The molecule has 4 rings (SSSR count). The lowest BCUT2D eigenvalue weighted by Crippen LogP contribution is -2.49. The molecule has 2 aromatic rings. The van der Waals surface area contributed by atoms with Crippen LogP contribution in [-0.4, -0.2) is 42.7 Å². The maximum atomic E-state index is 13.5. The summed E-state index contributed by atoms with van der Waals surface area (Å²) in [5.41, 5.74) is 5.53. The van der Waals surface area contributed by atoms with Crippen molar-refractivity contribution in [2.45, 2.75) is 113 Å². The van der Waals surface area contributed by atoms with Crippen molar-refractivity contribution in [3.05, 3.63) is 69.7 Å². The van der Waals surface area contributed by atoms with Gasteiger partial charge in [-0.05, 0) is 108 Å². The first-order chi connectivity index (χ1) is 18.6. The summed E-state index contributed by atoms with van der Waals surface area (Å²) in [6.07, 6.45) is 1.19.